The maximum absolute atomic E-state index is 12.3. The zero-order valence-corrected chi connectivity index (χ0v) is 17.8. The number of esters is 2. The first kappa shape index (κ1) is 20.1. The highest BCUT2D eigenvalue weighted by Gasteiger charge is 2.25. The average molecular weight is 491 g/mol. The van der Waals surface area contributed by atoms with Gasteiger partial charge in [0.25, 0.3) is 0 Å². The molecule has 0 aromatic heterocycles. The maximum Gasteiger partial charge on any atom is 0.363 e. The highest BCUT2D eigenvalue weighted by atomic mass is 127. The highest BCUT2D eigenvalue weighted by Crippen LogP contribution is 2.35. The molecule has 6 nitrogen and oxygen atoms in total. The second-order valence-electron chi connectivity index (χ2n) is 6.01. The summed E-state index contributed by atoms with van der Waals surface area (Å²) in [5, 5.41) is 0. The van der Waals surface area contributed by atoms with Crippen molar-refractivity contribution in [2.75, 3.05) is 7.11 Å². The number of carbonyl (C=O) groups excluding carboxylic acids is 2. The van der Waals surface area contributed by atoms with Crippen molar-refractivity contribution in [3.63, 3.8) is 0 Å². The molecule has 0 fully saturated rings. The van der Waals surface area contributed by atoms with Gasteiger partial charge in [-0.05, 0) is 64.9 Å². The Morgan fingerprint density at radius 3 is 2.71 bits per heavy atom. The lowest BCUT2D eigenvalue weighted by Crippen LogP contribution is -2.08. The standard InChI is InChI=1S/C21H18INO5/c1-4-18(24)27-19-15(22)9-13(11-17(19)26-3)10-16-21(25)28-20(23-16)14-8-6-5-7-12(14)2/h5-11H,4H2,1-3H3/b16-10-. The zero-order chi connectivity index (χ0) is 20.3. The largest absolute Gasteiger partial charge is 0.493 e. The van der Waals surface area contributed by atoms with Crippen LogP contribution in [0.4, 0.5) is 0 Å². The van der Waals surface area contributed by atoms with Gasteiger partial charge < -0.3 is 14.2 Å². The van der Waals surface area contributed by atoms with Gasteiger partial charge in [-0.2, -0.15) is 0 Å². The number of aliphatic imine (C=N–C) groups is 1. The van der Waals surface area contributed by atoms with E-state index >= 15 is 0 Å². The Balaban J connectivity index is 1.97. The number of hydrogen-bond donors (Lipinski definition) is 0. The van der Waals surface area contributed by atoms with E-state index < -0.39 is 5.97 Å². The first-order valence-corrected chi connectivity index (χ1v) is 9.67. The van der Waals surface area contributed by atoms with Gasteiger partial charge in [-0.15, -0.1) is 0 Å². The van der Waals surface area contributed by atoms with Crippen LogP contribution in [0, 0.1) is 10.5 Å². The molecule has 28 heavy (non-hydrogen) atoms. The third-order valence-electron chi connectivity index (χ3n) is 4.06. The molecule has 2 aromatic rings. The first-order chi connectivity index (χ1) is 13.4. The summed E-state index contributed by atoms with van der Waals surface area (Å²) in [4.78, 5) is 28.2. The van der Waals surface area contributed by atoms with Crippen LogP contribution in [-0.2, 0) is 14.3 Å². The Kier molecular flexibility index (Phi) is 6.13. The van der Waals surface area contributed by atoms with Gasteiger partial charge in [0.1, 0.15) is 0 Å². The molecule has 0 radical (unpaired) electrons. The summed E-state index contributed by atoms with van der Waals surface area (Å²) >= 11 is 2.06. The van der Waals surface area contributed by atoms with Crippen LogP contribution in [0.5, 0.6) is 11.5 Å². The number of halogens is 1. The third kappa shape index (κ3) is 4.24. The lowest BCUT2D eigenvalue weighted by Gasteiger charge is -2.11. The van der Waals surface area contributed by atoms with E-state index in [1.165, 1.54) is 7.11 Å². The van der Waals surface area contributed by atoms with E-state index in [4.69, 9.17) is 14.2 Å². The number of nitrogens with zero attached hydrogens (tertiary/aromatic N) is 1. The van der Waals surface area contributed by atoms with Crippen LogP contribution >= 0.6 is 22.6 Å². The fourth-order valence-corrected chi connectivity index (χ4v) is 3.34. The monoisotopic (exact) mass is 491 g/mol. The summed E-state index contributed by atoms with van der Waals surface area (Å²) in [6.07, 6.45) is 1.87. The number of cyclic esters (lactones) is 1. The van der Waals surface area contributed by atoms with Crippen molar-refractivity contribution in [2.45, 2.75) is 20.3 Å². The molecule has 0 atom stereocenters. The molecule has 0 unspecified atom stereocenters. The van der Waals surface area contributed by atoms with Crippen molar-refractivity contribution in [1.29, 1.82) is 0 Å². The number of carbonyl (C=O) groups is 2. The Labute approximate surface area is 176 Å². The lowest BCUT2D eigenvalue weighted by molar-refractivity contribution is -0.134. The molecule has 1 aliphatic rings. The van der Waals surface area contributed by atoms with Crippen molar-refractivity contribution >= 4 is 46.5 Å². The Morgan fingerprint density at radius 2 is 2.04 bits per heavy atom. The number of methoxy groups -OCH3 is 1. The Morgan fingerprint density at radius 1 is 1.29 bits per heavy atom. The molecule has 3 rings (SSSR count). The van der Waals surface area contributed by atoms with Crippen LogP contribution in [0.2, 0.25) is 0 Å². The normalized spacial score (nSPS) is 14.6. The smallest absolute Gasteiger partial charge is 0.363 e. The number of rotatable bonds is 5. The molecule has 0 saturated carbocycles. The van der Waals surface area contributed by atoms with Crippen LogP contribution in [0.1, 0.15) is 30.0 Å². The summed E-state index contributed by atoms with van der Waals surface area (Å²) in [6, 6.07) is 11.0. The van der Waals surface area contributed by atoms with E-state index in [0.29, 0.717) is 20.6 Å². The van der Waals surface area contributed by atoms with Crippen LogP contribution in [0.25, 0.3) is 6.08 Å². The van der Waals surface area contributed by atoms with Crippen molar-refractivity contribution in [1.82, 2.24) is 0 Å². The number of ether oxygens (including phenoxy) is 3. The van der Waals surface area contributed by atoms with Gasteiger partial charge in [-0.3, -0.25) is 4.79 Å². The van der Waals surface area contributed by atoms with Crippen LogP contribution in [-0.4, -0.2) is 24.9 Å². The topological polar surface area (TPSA) is 74.2 Å². The molecule has 2 aromatic carbocycles. The van der Waals surface area contributed by atoms with Gasteiger partial charge in [0.2, 0.25) is 5.90 Å². The minimum atomic E-state index is -0.520. The maximum atomic E-state index is 12.3. The molecule has 7 heteroatoms. The fraction of sp³-hybridized carbons (Fsp3) is 0.190. The van der Waals surface area contributed by atoms with E-state index in [-0.39, 0.29) is 24.0 Å². The van der Waals surface area contributed by atoms with E-state index in [9.17, 15) is 9.59 Å². The Hall–Kier alpha value is -2.68. The van der Waals surface area contributed by atoms with Crippen LogP contribution in [0.3, 0.4) is 0 Å². The molecule has 1 heterocycles. The van der Waals surface area contributed by atoms with Gasteiger partial charge in [-0.1, -0.05) is 25.1 Å². The zero-order valence-electron chi connectivity index (χ0n) is 15.6. The van der Waals surface area contributed by atoms with Crippen molar-refractivity contribution in [2.24, 2.45) is 4.99 Å². The molecular weight excluding hydrogens is 473 g/mol. The quantitative estimate of drug-likeness (QED) is 0.271. The number of benzene rings is 2. The van der Waals surface area contributed by atoms with E-state index in [2.05, 4.69) is 27.6 Å². The third-order valence-corrected chi connectivity index (χ3v) is 4.86. The molecule has 144 valence electrons. The van der Waals surface area contributed by atoms with Gasteiger partial charge >= 0.3 is 11.9 Å². The van der Waals surface area contributed by atoms with Gasteiger partial charge in [0.15, 0.2) is 17.2 Å². The highest BCUT2D eigenvalue weighted by molar-refractivity contribution is 14.1. The lowest BCUT2D eigenvalue weighted by atomic mass is 10.1. The second kappa shape index (κ2) is 8.55. The van der Waals surface area contributed by atoms with E-state index in [1.54, 1.807) is 25.1 Å². The van der Waals surface area contributed by atoms with Crippen LogP contribution in [0.15, 0.2) is 47.1 Å². The van der Waals surface area contributed by atoms with Gasteiger partial charge in [-0.25, -0.2) is 9.79 Å². The van der Waals surface area contributed by atoms with Crippen molar-refractivity contribution in [3.05, 3.63) is 62.4 Å². The summed E-state index contributed by atoms with van der Waals surface area (Å²) in [5.41, 5.74) is 2.61. The van der Waals surface area contributed by atoms with Crippen molar-refractivity contribution in [3.8, 4) is 11.5 Å². The molecular formula is C21H18INO5. The molecule has 0 amide bonds. The minimum absolute atomic E-state index is 0.189. The van der Waals surface area contributed by atoms with E-state index in [1.807, 2.05) is 31.2 Å². The van der Waals surface area contributed by atoms with Crippen LogP contribution < -0.4 is 9.47 Å². The summed E-state index contributed by atoms with van der Waals surface area (Å²) in [6.45, 7) is 3.65. The van der Waals surface area contributed by atoms with Gasteiger partial charge in [0.05, 0.1) is 10.7 Å². The SMILES string of the molecule is CCC(=O)Oc1c(I)cc(/C=C2\N=C(c3ccccc3C)OC2=O)cc1OC. The first-order valence-electron chi connectivity index (χ1n) is 8.59. The summed E-state index contributed by atoms with van der Waals surface area (Å²) in [5.74, 6) is 0.164. The van der Waals surface area contributed by atoms with Gasteiger partial charge in [0, 0.05) is 12.0 Å². The average Bonchev–Trinajstić information content (AvgIpc) is 3.03. The summed E-state index contributed by atoms with van der Waals surface area (Å²) < 4.78 is 16.7. The second-order valence-corrected chi connectivity index (χ2v) is 7.17. The number of hydrogen-bond acceptors (Lipinski definition) is 6. The molecule has 0 spiro atoms. The molecule has 0 N–H and O–H groups in total. The molecule has 1 aliphatic heterocycles. The predicted octanol–water partition coefficient (Wildman–Crippen LogP) is 4.27. The number of aryl methyl sites for hydroxylation is 1. The van der Waals surface area contributed by atoms with E-state index in [0.717, 1.165) is 11.1 Å². The van der Waals surface area contributed by atoms with Crippen molar-refractivity contribution < 1.29 is 23.8 Å². The summed E-state index contributed by atoms with van der Waals surface area (Å²) in [7, 11) is 1.49. The fourth-order valence-electron chi connectivity index (χ4n) is 2.60. The molecule has 0 aliphatic carbocycles. The Bertz CT molecular complexity index is 1010. The predicted molar refractivity (Wildman–Crippen MR) is 113 cm³/mol. The minimum Gasteiger partial charge on any atom is -0.493 e. The molecule has 0 bridgehead atoms. The molecule has 0 saturated heterocycles.